The van der Waals surface area contributed by atoms with Crippen LogP contribution in [0.25, 0.3) is 0 Å². The Bertz CT molecular complexity index is 708. The van der Waals surface area contributed by atoms with Crippen molar-refractivity contribution in [2.45, 2.75) is 64.7 Å². The van der Waals surface area contributed by atoms with E-state index >= 15 is 0 Å². The zero-order valence-electron chi connectivity index (χ0n) is 16.0. The van der Waals surface area contributed by atoms with E-state index in [-0.39, 0.29) is 0 Å². The number of rotatable bonds is 11. The van der Waals surface area contributed by atoms with Crippen molar-refractivity contribution < 1.29 is 0 Å². The van der Waals surface area contributed by atoms with Crippen LogP contribution in [0.4, 0.5) is 5.69 Å². The van der Waals surface area contributed by atoms with Crippen LogP contribution in [0, 0.1) is 11.3 Å². The van der Waals surface area contributed by atoms with Gasteiger partial charge in [-0.05, 0) is 42.2 Å². The molecule has 0 fully saturated rings. The van der Waals surface area contributed by atoms with Gasteiger partial charge in [0.1, 0.15) is 0 Å². The van der Waals surface area contributed by atoms with Gasteiger partial charge in [0, 0.05) is 6.21 Å². The number of nitriles is 1. The molecule has 0 saturated heterocycles. The number of nitrogens with zero attached hydrogens (tertiary/aromatic N) is 2. The van der Waals surface area contributed by atoms with Crippen LogP contribution in [0.3, 0.4) is 0 Å². The van der Waals surface area contributed by atoms with Gasteiger partial charge in [-0.2, -0.15) is 5.26 Å². The van der Waals surface area contributed by atoms with Gasteiger partial charge >= 0.3 is 0 Å². The summed E-state index contributed by atoms with van der Waals surface area (Å²) in [5.74, 6) is 0. The molecule has 0 bridgehead atoms. The molecular formula is C24H30N2. The van der Waals surface area contributed by atoms with Gasteiger partial charge in [0.2, 0.25) is 0 Å². The summed E-state index contributed by atoms with van der Waals surface area (Å²) in [5, 5.41) is 8.86. The number of unbranched alkanes of at least 4 members (excludes halogenated alkanes) is 7. The molecule has 0 aliphatic rings. The van der Waals surface area contributed by atoms with Crippen LogP contribution in [0.2, 0.25) is 0 Å². The van der Waals surface area contributed by atoms with Crippen LogP contribution in [0.5, 0.6) is 0 Å². The maximum Gasteiger partial charge on any atom is 0.0991 e. The van der Waals surface area contributed by atoms with Crippen molar-refractivity contribution in [3.05, 3.63) is 65.2 Å². The Labute approximate surface area is 158 Å². The molecule has 0 atom stereocenters. The van der Waals surface area contributed by atoms with Crippen molar-refractivity contribution in [3.8, 4) is 6.07 Å². The minimum atomic E-state index is 0.678. The molecule has 0 unspecified atom stereocenters. The highest BCUT2D eigenvalue weighted by atomic mass is 14.7. The van der Waals surface area contributed by atoms with Gasteiger partial charge in [-0.3, -0.25) is 4.99 Å². The molecule has 26 heavy (non-hydrogen) atoms. The lowest BCUT2D eigenvalue weighted by atomic mass is 10.0. The Kier molecular flexibility index (Phi) is 9.22. The third-order valence-corrected chi connectivity index (χ3v) is 4.68. The molecule has 0 heterocycles. The van der Waals surface area contributed by atoms with Crippen LogP contribution in [0.1, 0.15) is 75.0 Å². The van der Waals surface area contributed by atoms with Crippen LogP contribution >= 0.6 is 0 Å². The minimum Gasteiger partial charge on any atom is -0.256 e. The van der Waals surface area contributed by atoms with Gasteiger partial charge < -0.3 is 0 Å². The lowest BCUT2D eigenvalue weighted by Gasteiger charge is -2.06. The molecule has 0 spiro atoms. The topological polar surface area (TPSA) is 36.1 Å². The van der Waals surface area contributed by atoms with E-state index in [9.17, 15) is 0 Å². The van der Waals surface area contributed by atoms with E-state index in [0.717, 1.165) is 17.7 Å². The second-order valence-corrected chi connectivity index (χ2v) is 6.85. The molecule has 2 rings (SSSR count). The number of hydrogen-bond donors (Lipinski definition) is 0. The first-order chi connectivity index (χ1) is 12.8. The number of aryl methyl sites for hydroxylation is 1. The third-order valence-electron chi connectivity index (χ3n) is 4.68. The largest absolute Gasteiger partial charge is 0.256 e. The summed E-state index contributed by atoms with van der Waals surface area (Å²) < 4.78 is 0. The second kappa shape index (κ2) is 12.0. The summed E-state index contributed by atoms with van der Waals surface area (Å²) in [6.07, 6.45) is 13.7. The maximum atomic E-state index is 8.86. The van der Waals surface area contributed by atoms with E-state index in [4.69, 9.17) is 5.26 Å². The fourth-order valence-electron chi connectivity index (χ4n) is 3.09. The van der Waals surface area contributed by atoms with Gasteiger partial charge in [-0.1, -0.05) is 82.2 Å². The van der Waals surface area contributed by atoms with Crippen molar-refractivity contribution in [3.63, 3.8) is 0 Å². The van der Waals surface area contributed by atoms with Gasteiger partial charge in [0.05, 0.1) is 17.3 Å². The van der Waals surface area contributed by atoms with E-state index in [2.05, 4.69) is 36.2 Å². The van der Waals surface area contributed by atoms with Crippen molar-refractivity contribution in [2.75, 3.05) is 0 Å². The van der Waals surface area contributed by atoms with Gasteiger partial charge in [0.25, 0.3) is 0 Å². The lowest BCUT2D eigenvalue weighted by molar-refractivity contribution is 0.575. The van der Waals surface area contributed by atoms with Crippen molar-refractivity contribution in [1.29, 1.82) is 5.26 Å². The lowest BCUT2D eigenvalue weighted by Crippen LogP contribution is -1.88. The average Bonchev–Trinajstić information content (AvgIpc) is 2.69. The average molecular weight is 347 g/mol. The molecule has 2 aromatic rings. The third kappa shape index (κ3) is 7.23. The number of benzene rings is 2. The summed E-state index contributed by atoms with van der Waals surface area (Å²) in [7, 11) is 0. The van der Waals surface area contributed by atoms with E-state index in [1.807, 2.05) is 36.5 Å². The first kappa shape index (κ1) is 19.9. The Morgan fingerprint density at radius 2 is 1.50 bits per heavy atom. The zero-order chi connectivity index (χ0) is 18.5. The number of hydrogen-bond acceptors (Lipinski definition) is 2. The summed E-state index contributed by atoms with van der Waals surface area (Å²) in [5.41, 5.74) is 4.08. The highest BCUT2D eigenvalue weighted by molar-refractivity contribution is 5.82. The molecule has 0 aliphatic carbocycles. The molecule has 0 aliphatic heterocycles. The quantitative estimate of drug-likeness (QED) is 0.319. The molecule has 2 nitrogen and oxygen atoms in total. The molecule has 0 N–H and O–H groups in total. The molecule has 0 amide bonds. The summed E-state index contributed by atoms with van der Waals surface area (Å²) in [6.45, 7) is 2.27. The number of para-hydroxylation sites is 1. The minimum absolute atomic E-state index is 0.678. The Balaban J connectivity index is 1.81. The van der Waals surface area contributed by atoms with Crippen LogP contribution in [-0.2, 0) is 6.42 Å². The summed E-state index contributed by atoms with van der Waals surface area (Å²) >= 11 is 0. The molecule has 0 saturated carbocycles. The van der Waals surface area contributed by atoms with E-state index < -0.39 is 0 Å². The molecule has 0 radical (unpaired) electrons. The van der Waals surface area contributed by atoms with Crippen molar-refractivity contribution in [2.24, 2.45) is 4.99 Å². The van der Waals surface area contributed by atoms with Crippen LogP contribution < -0.4 is 0 Å². The van der Waals surface area contributed by atoms with Crippen molar-refractivity contribution in [1.82, 2.24) is 0 Å². The standard InChI is InChI=1S/C24H30N2/c1-2-3-4-5-6-7-8-9-12-23-13-10-11-14-24(23)26-20-22-17-15-21(19-25)16-18-22/h10-11,13-18,20H,2-9,12H2,1H3/b26-20+. The Morgan fingerprint density at radius 1 is 0.846 bits per heavy atom. The fourth-order valence-corrected chi connectivity index (χ4v) is 3.09. The molecule has 136 valence electrons. The first-order valence-corrected chi connectivity index (χ1v) is 9.95. The van der Waals surface area contributed by atoms with Gasteiger partial charge in [-0.15, -0.1) is 0 Å². The second-order valence-electron chi connectivity index (χ2n) is 6.85. The fraction of sp³-hybridized carbons (Fsp3) is 0.417. The summed E-state index contributed by atoms with van der Waals surface area (Å²) in [6, 6.07) is 18.1. The monoisotopic (exact) mass is 346 g/mol. The van der Waals surface area contributed by atoms with Gasteiger partial charge in [0.15, 0.2) is 0 Å². The molecular weight excluding hydrogens is 316 g/mol. The normalized spacial score (nSPS) is 10.9. The Morgan fingerprint density at radius 3 is 2.19 bits per heavy atom. The molecule has 2 heteroatoms. The van der Waals surface area contributed by atoms with E-state index in [0.29, 0.717) is 5.56 Å². The van der Waals surface area contributed by atoms with E-state index in [1.54, 1.807) is 0 Å². The highest BCUT2D eigenvalue weighted by Crippen LogP contribution is 2.21. The summed E-state index contributed by atoms with van der Waals surface area (Å²) in [4.78, 5) is 4.67. The highest BCUT2D eigenvalue weighted by Gasteiger charge is 2.00. The SMILES string of the molecule is CCCCCCCCCCc1ccccc1/N=C/c1ccc(C#N)cc1. The van der Waals surface area contributed by atoms with E-state index in [1.165, 1.54) is 56.9 Å². The van der Waals surface area contributed by atoms with Crippen molar-refractivity contribution >= 4 is 11.9 Å². The molecule has 2 aromatic carbocycles. The van der Waals surface area contributed by atoms with Gasteiger partial charge in [-0.25, -0.2) is 0 Å². The Hall–Kier alpha value is -2.40. The smallest absolute Gasteiger partial charge is 0.0991 e. The maximum absolute atomic E-state index is 8.86. The predicted octanol–water partition coefficient (Wildman–Crippen LogP) is 6.99. The van der Waals surface area contributed by atoms with Crippen LogP contribution in [-0.4, -0.2) is 6.21 Å². The number of aliphatic imine (C=N–C) groups is 1. The van der Waals surface area contributed by atoms with Crippen LogP contribution in [0.15, 0.2) is 53.5 Å². The first-order valence-electron chi connectivity index (χ1n) is 9.95. The predicted molar refractivity (Wildman–Crippen MR) is 111 cm³/mol. The zero-order valence-corrected chi connectivity index (χ0v) is 16.0. The molecule has 0 aromatic heterocycles.